The van der Waals surface area contributed by atoms with Crippen molar-refractivity contribution in [2.45, 2.75) is 19.4 Å². The van der Waals surface area contributed by atoms with Gasteiger partial charge in [-0.2, -0.15) is 0 Å². The van der Waals surface area contributed by atoms with Crippen molar-refractivity contribution in [2.75, 3.05) is 43.6 Å². The van der Waals surface area contributed by atoms with Gasteiger partial charge in [0.15, 0.2) is 0 Å². The Bertz CT molecular complexity index is 768. The number of hydrogen-bond acceptors (Lipinski definition) is 4. The van der Waals surface area contributed by atoms with Crippen molar-refractivity contribution in [3.05, 3.63) is 54.1 Å². The molecule has 0 saturated carbocycles. The summed E-state index contributed by atoms with van der Waals surface area (Å²) in [5.74, 6) is 0.790. The maximum absolute atomic E-state index is 12.7. The summed E-state index contributed by atoms with van der Waals surface area (Å²) in [5.41, 5.74) is 2.28. The lowest BCUT2D eigenvalue weighted by Gasteiger charge is -2.31. The molecule has 6 nitrogen and oxygen atoms in total. The minimum atomic E-state index is -0.524. The van der Waals surface area contributed by atoms with Crippen LogP contribution in [-0.2, 0) is 10.3 Å². The van der Waals surface area contributed by atoms with E-state index in [1.807, 2.05) is 62.4 Å². The second-order valence-electron chi connectivity index (χ2n) is 7.05. The average molecular weight is 369 g/mol. The second-order valence-corrected chi connectivity index (χ2v) is 7.05. The molecule has 0 spiro atoms. The first-order valence-corrected chi connectivity index (χ1v) is 9.15. The van der Waals surface area contributed by atoms with Gasteiger partial charge in [0.05, 0.1) is 37.2 Å². The molecule has 0 aromatic heterocycles. The molecule has 1 saturated heterocycles. The SMILES string of the molecule is COc1ccc(C(C)(C)NC(=O)Nc2ccccc2N2CCOCC2)cc1. The Labute approximate surface area is 160 Å². The first kappa shape index (κ1) is 19.0. The van der Waals surface area contributed by atoms with E-state index >= 15 is 0 Å². The Balaban J connectivity index is 1.69. The molecule has 0 unspecified atom stereocenters. The fraction of sp³-hybridized carbons (Fsp3) is 0.381. The van der Waals surface area contributed by atoms with Crippen molar-refractivity contribution in [1.29, 1.82) is 0 Å². The number of amides is 2. The minimum absolute atomic E-state index is 0.239. The molecule has 3 rings (SSSR count). The van der Waals surface area contributed by atoms with Crippen LogP contribution in [0.1, 0.15) is 19.4 Å². The van der Waals surface area contributed by atoms with Gasteiger partial charge in [0.1, 0.15) is 5.75 Å². The molecule has 0 bridgehead atoms. The number of carbonyl (C=O) groups excluding carboxylic acids is 1. The Hall–Kier alpha value is -2.73. The van der Waals surface area contributed by atoms with Gasteiger partial charge in [-0.1, -0.05) is 24.3 Å². The lowest BCUT2D eigenvalue weighted by molar-refractivity contribution is 0.123. The summed E-state index contributed by atoms with van der Waals surface area (Å²) in [6, 6.07) is 15.3. The molecule has 1 fully saturated rings. The summed E-state index contributed by atoms with van der Waals surface area (Å²) in [5, 5.41) is 6.05. The number of para-hydroxylation sites is 2. The number of methoxy groups -OCH3 is 1. The Kier molecular flexibility index (Phi) is 5.86. The smallest absolute Gasteiger partial charge is 0.319 e. The predicted molar refractivity (Wildman–Crippen MR) is 108 cm³/mol. The molecule has 2 N–H and O–H groups in total. The van der Waals surface area contributed by atoms with Crippen molar-refractivity contribution in [3.8, 4) is 5.75 Å². The van der Waals surface area contributed by atoms with Crippen molar-refractivity contribution in [3.63, 3.8) is 0 Å². The first-order valence-electron chi connectivity index (χ1n) is 9.15. The largest absolute Gasteiger partial charge is 0.497 e. The zero-order chi connectivity index (χ0) is 19.3. The third kappa shape index (κ3) is 4.71. The van der Waals surface area contributed by atoms with E-state index in [-0.39, 0.29) is 6.03 Å². The third-order valence-corrected chi connectivity index (χ3v) is 4.74. The predicted octanol–water partition coefficient (Wildman–Crippen LogP) is 3.59. The quantitative estimate of drug-likeness (QED) is 0.845. The maximum Gasteiger partial charge on any atom is 0.319 e. The molecular weight excluding hydrogens is 342 g/mol. The molecule has 1 aliphatic rings. The summed E-state index contributed by atoms with van der Waals surface area (Å²) in [6.07, 6.45) is 0. The molecule has 2 amide bonds. The highest BCUT2D eigenvalue weighted by atomic mass is 16.5. The monoisotopic (exact) mass is 369 g/mol. The van der Waals surface area contributed by atoms with Crippen LogP contribution in [0.4, 0.5) is 16.2 Å². The van der Waals surface area contributed by atoms with E-state index in [0.717, 1.165) is 35.8 Å². The van der Waals surface area contributed by atoms with E-state index in [2.05, 4.69) is 15.5 Å². The molecule has 1 heterocycles. The van der Waals surface area contributed by atoms with Crippen LogP contribution in [0, 0.1) is 0 Å². The Morgan fingerprint density at radius 1 is 1.07 bits per heavy atom. The number of morpholine rings is 1. The number of ether oxygens (including phenoxy) is 2. The number of hydrogen-bond donors (Lipinski definition) is 2. The van der Waals surface area contributed by atoms with Crippen molar-refractivity contribution >= 4 is 17.4 Å². The molecule has 2 aromatic rings. The van der Waals surface area contributed by atoms with Crippen LogP contribution in [0.25, 0.3) is 0 Å². The molecular formula is C21H27N3O3. The molecule has 0 atom stereocenters. The topological polar surface area (TPSA) is 62.8 Å². The van der Waals surface area contributed by atoms with Gasteiger partial charge in [0.2, 0.25) is 0 Å². The number of benzene rings is 2. The van der Waals surface area contributed by atoms with Crippen LogP contribution in [0.15, 0.2) is 48.5 Å². The number of anilines is 2. The third-order valence-electron chi connectivity index (χ3n) is 4.74. The van der Waals surface area contributed by atoms with E-state index in [4.69, 9.17) is 9.47 Å². The van der Waals surface area contributed by atoms with Gasteiger partial charge in [0, 0.05) is 13.1 Å². The Morgan fingerprint density at radius 2 is 1.74 bits per heavy atom. The summed E-state index contributed by atoms with van der Waals surface area (Å²) in [7, 11) is 1.64. The van der Waals surface area contributed by atoms with Crippen LogP contribution in [-0.4, -0.2) is 39.4 Å². The summed E-state index contributed by atoms with van der Waals surface area (Å²) >= 11 is 0. The van der Waals surface area contributed by atoms with E-state index in [1.165, 1.54) is 0 Å². The van der Waals surface area contributed by atoms with Crippen LogP contribution >= 0.6 is 0 Å². The van der Waals surface area contributed by atoms with Crippen LogP contribution in [0.2, 0.25) is 0 Å². The van der Waals surface area contributed by atoms with Crippen molar-refractivity contribution in [1.82, 2.24) is 5.32 Å². The van der Waals surface area contributed by atoms with Gasteiger partial charge in [0.25, 0.3) is 0 Å². The van der Waals surface area contributed by atoms with Crippen molar-refractivity contribution in [2.24, 2.45) is 0 Å². The highest BCUT2D eigenvalue weighted by Gasteiger charge is 2.24. The van der Waals surface area contributed by atoms with Crippen LogP contribution < -0.4 is 20.3 Å². The van der Waals surface area contributed by atoms with Gasteiger partial charge in [-0.25, -0.2) is 4.79 Å². The highest BCUT2D eigenvalue weighted by Crippen LogP contribution is 2.27. The van der Waals surface area contributed by atoms with Gasteiger partial charge in [-0.05, 0) is 43.7 Å². The number of nitrogens with zero attached hydrogens (tertiary/aromatic N) is 1. The molecule has 0 radical (unpaired) electrons. The molecule has 144 valence electrons. The maximum atomic E-state index is 12.7. The number of urea groups is 1. The van der Waals surface area contributed by atoms with Crippen LogP contribution in [0.5, 0.6) is 5.75 Å². The Morgan fingerprint density at radius 3 is 2.41 bits per heavy atom. The van der Waals surface area contributed by atoms with Gasteiger partial charge in [-0.3, -0.25) is 0 Å². The fourth-order valence-corrected chi connectivity index (χ4v) is 3.18. The zero-order valence-corrected chi connectivity index (χ0v) is 16.1. The molecule has 0 aliphatic carbocycles. The lowest BCUT2D eigenvalue weighted by atomic mass is 9.94. The van der Waals surface area contributed by atoms with E-state index in [1.54, 1.807) is 7.11 Å². The van der Waals surface area contributed by atoms with Gasteiger partial charge in [-0.15, -0.1) is 0 Å². The normalized spacial score (nSPS) is 14.6. The molecule has 27 heavy (non-hydrogen) atoms. The summed E-state index contributed by atoms with van der Waals surface area (Å²) < 4.78 is 10.6. The number of rotatable bonds is 5. The molecule has 1 aliphatic heterocycles. The zero-order valence-electron chi connectivity index (χ0n) is 16.1. The van der Waals surface area contributed by atoms with Gasteiger partial charge < -0.3 is 25.0 Å². The average Bonchev–Trinajstić information content (AvgIpc) is 2.68. The lowest BCUT2D eigenvalue weighted by Crippen LogP contribution is -2.43. The number of nitrogens with one attached hydrogen (secondary N) is 2. The molecule has 2 aromatic carbocycles. The van der Waals surface area contributed by atoms with Crippen molar-refractivity contribution < 1.29 is 14.3 Å². The fourth-order valence-electron chi connectivity index (χ4n) is 3.18. The first-order chi connectivity index (χ1) is 13.0. The van der Waals surface area contributed by atoms with Gasteiger partial charge >= 0.3 is 6.03 Å². The summed E-state index contributed by atoms with van der Waals surface area (Å²) in [4.78, 5) is 14.9. The van der Waals surface area contributed by atoms with E-state index < -0.39 is 5.54 Å². The van der Waals surface area contributed by atoms with E-state index in [0.29, 0.717) is 13.2 Å². The summed E-state index contributed by atoms with van der Waals surface area (Å²) in [6.45, 7) is 6.98. The van der Waals surface area contributed by atoms with Crippen LogP contribution in [0.3, 0.4) is 0 Å². The van der Waals surface area contributed by atoms with E-state index in [9.17, 15) is 4.79 Å². The minimum Gasteiger partial charge on any atom is -0.497 e. The molecule has 6 heteroatoms. The highest BCUT2D eigenvalue weighted by molar-refractivity contribution is 5.93. The second kappa shape index (κ2) is 8.31. The number of carbonyl (C=O) groups is 1. The standard InChI is InChI=1S/C21H27N3O3/c1-21(2,16-8-10-17(26-3)11-9-16)23-20(25)22-18-6-4-5-7-19(18)24-12-14-27-15-13-24/h4-11H,12-15H2,1-3H3,(H2,22,23,25).